The van der Waals surface area contributed by atoms with Gasteiger partial charge in [0, 0.05) is 37.4 Å². The number of thiazole rings is 1. The Balaban J connectivity index is 1.94. The summed E-state index contributed by atoms with van der Waals surface area (Å²) in [4.78, 5) is 37.3. The number of hydrogen-bond acceptors (Lipinski definition) is 7. The van der Waals surface area contributed by atoms with Gasteiger partial charge in [-0.05, 0) is 76.6 Å². The molecule has 1 aromatic heterocycles. The fraction of sp³-hybridized carbons (Fsp3) is 0.387. The summed E-state index contributed by atoms with van der Waals surface area (Å²) in [6, 6.07) is 12.9. The summed E-state index contributed by atoms with van der Waals surface area (Å²) in [6.45, 7) is 12.9. The molecule has 40 heavy (non-hydrogen) atoms. The van der Waals surface area contributed by atoms with Gasteiger partial charge in [0.1, 0.15) is 17.5 Å². The summed E-state index contributed by atoms with van der Waals surface area (Å²) in [5, 5.41) is 0. The van der Waals surface area contributed by atoms with Gasteiger partial charge in [-0.2, -0.15) is 0 Å². The number of benzene rings is 2. The van der Waals surface area contributed by atoms with Crippen LogP contribution in [0.4, 0.5) is 5.69 Å². The molecular weight excluding hydrogens is 524 g/mol. The van der Waals surface area contributed by atoms with E-state index < -0.39 is 6.04 Å². The summed E-state index contributed by atoms with van der Waals surface area (Å²) in [6.07, 6.45) is 1.89. The van der Waals surface area contributed by atoms with Crippen LogP contribution in [0.25, 0.3) is 6.08 Å². The normalized spacial score (nSPS) is 15.0. The van der Waals surface area contributed by atoms with E-state index in [4.69, 9.17) is 14.5 Å². The van der Waals surface area contributed by atoms with Gasteiger partial charge in [-0.25, -0.2) is 4.99 Å². The lowest BCUT2D eigenvalue weighted by Gasteiger charge is -2.30. The Hall–Kier alpha value is -3.85. The van der Waals surface area contributed by atoms with Crippen molar-refractivity contribution >= 4 is 29.0 Å². The summed E-state index contributed by atoms with van der Waals surface area (Å²) in [5.74, 6) is 1.02. The molecule has 9 heteroatoms. The number of aromatic nitrogens is 1. The smallest absolute Gasteiger partial charge is 0.271 e. The first-order valence-corrected chi connectivity index (χ1v) is 14.5. The first-order valence-electron chi connectivity index (χ1n) is 13.7. The van der Waals surface area contributed by atoms with Gasteiger partial charge in [0.15, 0.2) is 4.80 Å². The molecule has 3 aromatic rings. The molecule has 4 rings (SSSR count). The third-order valence-electron chi connectivity index (χ3n) is 7.35. The maximum atomic E-state index is 14.1. The first kappa shape index (κ1) is 29.1. The number of anilines is 1. The van der Waals surface area contributed by atoms with Crippen molar-refractivity contribution in [2.45, 2.75) is 40.7 Å². The predicted octanol–water partition coefficient (Wildman–Crippen LogP) is 3.97. The van der Waals surface area contributed by atoms with Crippen LogP contribution in [0.15, 0.2) is 63.5 Å². The molecule has 2 heterocycles. The van der Waals surface area contributed by atoms with Crippen molar-refractivity contribution in [3.8, 4) is 11.5 Å². The Kier molecular flexibility index (Phi) is 9.14. The summed E-state index contributed by atoms with van der Waals surface area (Å²) in [5.41, 5.74) is 3.57. The van der Waals surface area contributed by atoms with Crippen LogP contribution in [0.2, 0.25) is 0 Å². The van der Waals surface area contributed by atoms with E-state index >= 15 is 0 Å². The highest BCUT2D eigenvalue weighted by Gasteiger charge is 2.36. The van der Waals surface area contributed by atoms with E-state index in [1.807, 2.05) is 45.0 Å². The van der Waals surface area contributed by atoms with E-state index in [0.717, 1.165) is 24.3 Å². The molecule has 1 amide bonds. The fourth-order valence-corrected chi connectivity index (χ4v) is 6.19. The summed E-state index contributed by atoms with van der Waals surface area (Å²) in [7, 11) is 3.17. The minimum absolute atomic E-state index is 0.151. The van der Waals surface area contributed by atoms with Crippen LogP contribution in [0.3, 0.4) is 0 Å². The Bertz CT molecular complexity index is 1580. The Morgan fingerprint density at radius 2 is 1.68 bits per heavy atom. The zero-order valence-electron chi connectivity index (χ0n) is 24.4. The number of ether oxygens (including phenoxy) is 2. The highest BCUT2D eigenvalue weighted by atomic mass is 32.1. The molecule has 212 valence electrons. The molecule has 0 aliphatic carbocycles. The average Bonchev–Trinajstić information content (AvgIpc) is 3.27. The van der Waals surface area contributed by atoms with E-state index in [0.29, 0.717) is 50.8 Å². The molecule has 1 aliphatic rings. The summed E-state index contributed by atoms with van der Waals surface area (Å²) < 4.78 is 13.4. The SMILES string of the molecule is CCN(CC)C(=O)C1=C(C)N=c2s/c(=C/c3ccc(N(CC)CC)cc3)c(=O)n2[C@@H]1c1cc(OC)ccc1OC. The van der Waals surface area contributed by atoms with Crippen LogP contribution in [-0.2, 0) is 4.79 Å². The molecule has 0 bridgehead atoms. The van der Waals surface area contributed by atoms with Gasteiger partial charge < -0.3 is 19.3 Å². The van der Waals surface area contributed by atoms with Gasteiger partial charge in [-0.1, -0.05) is 23.5 Å². The number of carbonyl (C=O) groups is 1. The molecule has 0 spiro atoms. The van der Waals surface area contributed by atoms with Crippen molar-refractivity contribution in [3.05, 3.63) is 84.5 Å². The number of amides is 1. The third kappa shape index (κ3) is 5.43. The van der Waals surface area contributed by atoms with Crippen LogP contribution in [0, 0.1) is 0 Å². The van der Waals surface area contributed by atoms with Crippen LogP contribution in [-0.4, -0.2) is 55.8 Å². The van der Waals surface area contributed by atoms with Crippen molar-refractivity contribution in [3.63, 3.8) is 0 Å². The number of rotatable bonds is 10. The van der Waals surface area contributed by atoms with Gasteiger partial charge in [-0.15, -0.1) is 0 Å². The Morgan fingerprint density at radius 3 is 2.25 bits per heavy atom. The quantitative estimate of drug-likeness (QED) is 0.374. The van der Waals surface area contributed by atoms with Crippen molar-refractivity contribution in [1.82, 2.24) is 9.47 Å². The second-order valence-electron chi connectivity index (χ2n) is 9.43. The molecule has 2 aromatic carbocycles. The number of hydrogen-bond donors (Lipinski definition) is 0. The number of methoxy groups -OCH3 is 2. The van der Waals surface area contributed by atoms with Gasteiger partial charge in [0.2, 0.25) is 0 Å². The lowest BCUT2D eigenvalue weighted by molar-refractivity contribution is -0.127. The van der Waals surface area contributed by atoms with Crippen LogP contribution in [0.5, 0.6) is 11.5 Å². The molecular formula is C31H38N4O4S. The number of likely N-dealkylation sites (N-methyl/N-ethyl adjacent to an activating group) is 1. The van der Waals surface area contributed by atoms with Crippen molar-refractivity contribution in [1.29, 1.82) is 0 Å². The Labute approximate surface area is 239 Å². The monoisotopic (exact) mass is 562 g/mol. The molecule has 0 fully saturated rings. The van der Waals surface area contributed by atoms with E-state index in [1.165, 1.54) is 11.3 Å². The zero-order chi connectivity index (χ0) is 29.0. The lowest BCUT2D eigenvalue weighted by Crippen LogP contribution is -2.43. The average molecular weight is 563 g/mol. The van der Waals surface area contributed by atoms with E-state index in [-0.39, 0.29) is 11.5 Å². The molecule has 0 saturated carbocycles. The Morgan fingerprint density at radius 1 is 1.00 bits per heavy atom. The standard InChI is InChI=1S/C31H38N4O4S/c1-8-33(9-2)22-14-12-21(13-15-22)18-26-29(36)35-28(24-19-23(38-6)16-17-25(24)39-7)27(20(5)32-31(35)40-26)30(37)34(10-3)11-4/h12-19,28H,8-11H2,1-7H3/b26-18+/t28-/m1/s1. The highest BCUT2D eigenvalue weighted by molar-refractivity contribution is 7.07. The second-order valence-corrected chi connectivity index (χ2v) is 10.4. The number of fused-ring (bicyclic) bond motifs is 1. The maximum Gasteiger partial charge on any atom is 0.271 e. The molecule has 8 nitrogen and oxygen atoms in total. The minimum Gasteiger partial charge on any atom is -0.497 e. The van der Waals surface area contributed by atoms with Gasteiger partial charge in [-0.3, -0.25) is 14.2 Å². The molecule has 0 saturated heterocycles. The number of nitrogens with zero attached hydrogens (tertiary/aromatic N) is 4. The first-order chi connectivity index (χ1) is 19.3. The van der Waals surface area contributed by atoms with Crippen LogP contribution >= 0.6 is 11.3 Å². The van der Waals surface area contributed by atoms with E-state index in [2.05, 4.69) is 30.9 Å². The van der Waals surface area contributed by atoms with Crippen LogP contribution in [0.1, 0.15) is 51.8 Å². The van der Waals surface area contributed by atoms with Crippen LogP contribution < -0.4 is 29.3 Å². The molecule has 1 atom stereocenters. The number of allylic oxidation sites excluding steroid dienone is 1. The predicted molar refractivity (Wildman–Crippen MR) is 161 cm³/mol. The van der Waals surface area contributed by atoms with E-state index in [9.17, 15) is 9.59 Å². The third-order valence-corrected chi connectivity index (χ3v) is 8.34. The molecule has 0 radical (unpaired) electrons. The highest BCUT2D eigenvalue weighted by Crippen LogP contribution is 2.38. The maximum absolute atomic E-state index is 14.1. The largest absolute Gasteiger partial charge is 0.497 e. The summed E-state index contributed by atoms with van der Waals surface area (Å²) >= 11 is 1.32. The topological polar surface area (TPSA) is 76.4 Å². The number of carbonyl (C=O) groups excluding carboxylic acids is 1. The van der Waals surface area contributed by atoms with Gasteiger partial charge in [0.05, 0.1) is 30.0 Å². The fourth-order valence-electron chi connectivity index (χ4n) is 5.15. The molecule has 0 unspecified atom stereocenters. The van der Waals surface area contributed by atoms with Crippen molar-refractivity contribution in [2.75, 3.05) is 45.3 Å². The second kappa shape index (κ2) is 12.6. The molecule has 0 N–H and O–H groups in total. The van der Waals surface area contributed by atoms with Crippen molar-refractivity contribution < 1.29 is 14.3 Å². The lowest BCUT2D eigenvalue weighted by atomic mass is 9.93. The van der Waals surface area contributed by atoms with Crippen molar-refractivity contribution in [2.24, 2.45) is 4.99 Å². The molecule has 1 aliphatic heterocycles. The van der Waals surface area contributed by atoms with Gasteiger partial charge in [0.25, 0.3) is 11.5 Å². The van der Waals surface area contributed by atoms with Gasteiger partial charge >= 0.3 is 0 Å². The van der Waals surface area contributed by atoms with E-state index in [1.54, 1.807) is 35.8 Å². The minimum atomic E-state index is -0.721. The zero-order valence-corrected chi connectivity index (χ0v) is 25.2.